The molecule has 0 unspecified atom stereocenters. The molecule has 0 saturated heterocycles. The molecule has 0 aromatic heterocycles. The third kappa shape index (κ3) is 4.28. The van der Waals surface area contributed by atoms with E-state index in [1.165, 1.54) is 25.1 Å². The highest BCUT2D eigenvalue weighted by molar-refractivity contribution is 6.03. The predicted octanol–water partition coefficient (Wildman–Crippen LogP) is 3.55. The first-order chi connectivity index (χ1) is 8.54. The van der Waals surface area contributed by atoms with Crippen LogP contribution in [0.5, 0.6) is 0 Å². The standard InChI is InChI=1S/C14H18FNO2/c1-3-4-5-6-14(18)16-13-9-11(15)7-8-12(13)10(2)17/h7-9H,3-6H2,1-2H3,(H,16,18). The second kappa shape index (κ2) is 6.89. The zero-order valence-electron chi connectivity index (χ0n) is 10.8. The van der Waals surface area contributed by atoms with Gasteiger partial charge in [0.25, 0.3) is 0 Å². The molecule has 0 aliphatic rings. The van der Waals surface area contributed by atoms with Crippen molar-refractivity contribution in [1.82, 2.24) is 0 Å². The number of hydrogen-bond acceptors (Lipinski definition) is 2. The summed E-state index contributed by atoms with van der Waals surface area (Å²) in [6.07, 6.45) is 3.21. The topological polar surface area (TPSA) is 46.2 Å². The first kappa shape index (κ1) is 14.4. The van der Waals surface area contributed by atoms with Gasteiger partial charge in [-0.3, -0.25) is 9.59 Å². The molecular weight excluding hydrogens is 233 g/mol. The summed E-state index contributed by atoms with van der Waals surface area (Å²) >= 11 is 0. The van der Waals surface area contributed by atoms with Gasteiger partial charge in [-0.25, -0.2) is 4.39 Å². The van der Waals surface area contributed by atoms with Crippen LogP contribution in [0.2, 0.25) is 0 Å². The zero-order chi connectivity index (χ0) is 13.5. The van der Waals surface area contributed by atoms with Crippen LogP contribution in [0.15, 0.2) is 18.2 Å². The molecule has 0 fully saturated rings. The van der Waals surface area contributed by atoms with E-state index in [4.69, 9.17) is 0 Å². The average Bonchev–Trinajstić information content (AvgIpc) is 2.29. The lowest BCUT2D eigenvalue weighted by molar-refractivity contribution is -0.116. The van der Waals surface area contributed by atoms with E-state index in [0.29, 0.717) is 12.0 Å². The van der Waals surface area contributed by atoms with Crippen LogP contribution < -0.4 is 5.32 Å². The highest BCUT2D eigenvalue weighted by Gasteiger charge is 2.11. The number of benzene rings is 1. The van der Waals surface area contributed by atoms with Gasteiger partial charge in [0.1, 0.15) is 5.82 Å². The molecule has 18 heavy (non-hydrogen) atoms. The lowest BCUT2D eigenvalue weighted by Gasteiger charge is -2.09. The van der Waals surface area contributed by atoms with Crippen LogP contribution in [0.4, 0.5) is 10.1 Å². The SMILES string of the molecule is CCCCCC(=O)Nc1cc(F)ccc1C(C)=O. The Morgan fingerprint density at radius 3 is 2.61 bits per heavy atom. The van der Waals surface area contributed by atoms with E-state index in [0.717, 1.165) is 19.3 Å². The van der Waals surface area contributed by atoms with Crippen molar-refractivity contribution in [3.05, 3.63) is 29.6 Å². The molecule has 4 heteroatoms. The van der Waals surface area contributed by atoms with Gasteiger partial charge in [0.15, 0.2) is 5.78 Å². The maximum atomic E-state index is 13.1. The van der Waals surface area contributed by atoms with Crippen LogP contribution in [0.25, 0.3) is 0 Å². The molecule has 1 N–H and O–H groups in total. The summed E-state index contributed by atoms with van der Waals surface area (Å²) in [6, 6.07) is 3.78. The third-order valence-electron chi connectivity index (χ3n) is 2.64. The minimum Gasteiger partial charge on any atom is -0.325 e. The summed E-state index contributed by atoms with van der Waals surface area (Å²) in [4.78, 5) is 23.0. The number of rotatable bonds is 6. The molecule has 98 valence electrons. The third-order valence-corrected chi connectivity index (χ3v) is 2.64. The highest BCUT2D eigenvalue weighted by Crippen LogP contribution is 2.18. The van der Waals surface area contributed by atoms with Gasteiger partial charge in [-0.05, 0) is 31.5 Å². The maximum Gasteiger partial charge on any atom is 0.224 e. The number of unbranched alkanes of at least 4 members (excludes halogenated alkanes) is 2. The van der Waals surface area contributed by atoms with Crippen LogP contribution in [0.3, 0.4) is 0 Å². The Bertz CT molecular complexity index is 443. The lowest BCUT2D eigenvalue weighted by Crippen LogP contribution is -2.14. The maximum absolute atomic E-state index is 13.1. The van der Waals surface area contributed by atoms with E-state index < -0.39 is 5.82 Å². The molecule has 1 amide bonds. The van der Waals surface area contributed by atoms with Crippen molar-refractivity contribution < 1.29 is 14.0 Å². The fourth-order valence-electron chi connectivity index (χ4n) is 1.68. The minimum atomic E-state index is -0.469. The molecule has 1 aromatic carbocycles. The number of nitrogens with one attached hydrogen (secondary N) is 1. The molecule has 0 aliphatic heterocycles. The van der Waals surface area contributed by atoms with E-state index in [9.17, 15) is 14.0 Å². The number of carbonyl (C=O) groups excluding carboxylic acids is 2. The molecule has 0 bridgehead atoms. The van der Waals surface area contributed by atoms with E-state index in [1.807, 2.05) is 0 Å². The molecule has 0 heterocycles. The minimum absolute atomic E-state index is 0.184. The van der Waals surface area contributed by atoms with Crippen molar-refractivity contribution in [3.8, 4) is 0 Å². The quantitative estimate of drug-likeness (QED) is 0.620. The van der Waals surface area contributed by atoms with Crippen molar-refractivity contribution in [2.45, 2.75) is 39.5 Å². The predicted molar refractivity (Wildman–Crippen MR) is 69.2 cm³/mol. The number of Topliss-reactive ketones (excluding diaryl/α,β-unsaturated/α-hetero) is 1. The van der Waals surface area contributed by atoms with Crippen molar-refractivity contribution in [2.75, 3.05) is 5.32 Å². The Balaban J connectivity index is 2.73. The first-order valence-electron chi connectivity index (χ1n) is 6.15. The van der Waals surface area contributed by atoms with Crippen LogP contribution in [-0.2, 0) is 4.79 Å². The number of anilines is 1. The monoisotopic (exact) mass is 251 g/mol. The number of hydrogen-bond donors (Lipinski definition) is 1. The van der Waals surface area contributed by atoms with Crippen LogP contribution in [0.1, 0.15) is 49.9 Å². The van der Waals surface area contributed by atoms with Gasteiger partial charge in [-0.2, -0.15) is 0 Å². The summed E-state index contributed by atoms with van der Waals surface area (Å²) in [5.74, 6) is -0.848. The van der Waals surface area contributed by atoms with Crippen molar-refractivity contribution in [1.29, 1.82) is 0 Å². The number of amides is 1. The van der Waals surface area contributed by atoms with Gasteiger partial charge < -0.3 is 5.32 Å². The molecule has 1 aromatic rings. The number of carbonyl (C=O) groups is 2. The fourth-order valence-corrected chi connectivity index (χ4v) is 1.68. The smallest absolute Gasteiger partial charge is 0.224 e. The Labute approximate surface area is 106 Å². The van der Waals surface area contributed by atoms with Crippen LogP contribution in [0, 0.1) is 5.82 Å². The summed E-state index contributed by atoms with van der Waals surface area (Å²) in [5.41, 5.74) is 0.587. The molecule has 0 spiro atoms. The van der Waals surface area contributed by atoms with Crippen molar-refractivity contribution in [2.24, 2.45) is 0 Å². The molecule has 0 aliphatic carbocycles. The molecule has 0 atom stereocenters. The molecule has 0 radical (unpaired) electrons. The first-order valence-corrected chi connectivity index (χ1v) is 6.15. The lowest BCUT2D eigenvalue weighted by atomic mass is 10.1. The van der Waals surface area contributed by atoms with Crippen molar-refractivity contribution in [3.63, 3.8) is 0 Å². The summed E-state index contributed by atoms with van der Waals surface area (Å²) < 4.78 is 13.1. The van der Waals surface area contributed by atoms with Gasteiger partial charge in [0.2, 0.25) is 5.91 Å². The van der Waals surface area contributed by atoms with E-state index in [-0.39, 0.29) is 17.4 Å². The van der Waals surface area contributed by atoms with Crippen LogP contribution in [-0.4, -0.2) is 11.7 Å². The Kier molecular flexibility index (Phi) is 5.49. The van der Waals surface area contributed by atoms with Gasteiger partial charge in [-0.15, -0.1) is 0 Å². The van der Waals surface area contributed by atoms with Gasteiger partial charge in [0.05, 0.1) is 5.69 Å². The van der Waals surface area contributed by atoms with E-state index in [1.54, 1.807) is 0 Å². The second-order valence-corrected chi connectivity index (χ2v) is 4.25. The normalized spacial score (nSPS) is 10.2. The number of ketones is 1. The zero-order valence-corrected chi connectivity index (χ0v) is 10.8. The highest BCUT2D eigenvalue weighted by atomic mass is 19.1. The Morgan fingerprint density at radius 1 is 1.28 bits per heavy atom. The molecule has 3 nitrogen and oxygen atoms in total. The largest absolute Gasteiger partial charge is 0.325 e. The second-order valence-electron chi connectivity index (χ2n) is 4.25. The van der Waals surface area contributed by atoms with Gasteiger partial charge in [0, 0.05) is 12.0 Å². The molecule has 1 rings (SSSR count). The van der Waals surface area contributed by atoms with E-state index >= 15 is 0 Å². The Hall–Kier alpha value is -1.71. The molecule has 0 saturated carbocycles. The summed E-state index contributed by atoms with van der Waals surface area (Å²) in [7, 11) is 0. The van der Waals surface area contributed by atoms with Crippen molar-refractivity contribution >= 4 is 17.4 Å². The molecular formula is C14H18FNO2. The van der Waals surface area contributed by atoms with Gasteiger partial charge >= 0.3 is 0 Å². The fraction of sp³-hybridized carbons (Fsp3) is 0.429. The Morgan fingerprint density at radius 2 is 2.00 bits per heavy atom. The number of halogens is 1. The van der Waals surface area contributed by atoms with Gasteiger partial charge in [-0.1, -0.05) is 19.8 Å². The van der Waals surface area contributed by atoms with E-state index in [2.05, 4.69) is 12.2 Å². The summed E-state index contributed by atoms with van der Waals surface area (Å²) in [6.45, 7) is 3.44. The summed E-state index contributed by atoms with van der Waals surface area (Å²) in [5, 5.41) is 2.59. The van der Waals surface area contributed by atoms with Crippen LogP contribution >= 0.6 is 0 Å². The average molecular weight is 251 g/mol.